The van der Waals surface area contributed by atoms with Gasteiger partial charge in [0, 0.05) is 18.8 Å². The third-order valence-electron chi connectivity index (χ3n) is 5.20. The SMILES string of the molecule is CC1CC(C)CN(S(=O)(=O)c2ccc(C(=O)OCC(=O)Nc3ccc(C#N)cc3)cc2)C1. The van der Waals surface area contributed by atoms with Gasteiger partial charge in [-0.1, -0.05) is 13.8 Å². The molecular weight excluding hydrogens is 430 g/mol. The van der Waals surface area contributed by atoms with Gasteiger partial charge in [-0.2, -0.15) is 9.57 Å². The van der Waals surface area contributed by atoms with Crippen molar-refractivity contribution in [2.24, 2.45) is 11.8 Å². The van der Waals surface area contributed by atoms with E-state index in [9.17, 15) is 18.0 Å². The van der Waals surface area contributed by atoms with Crippen LogP contribution in [0.1, 0.15) is 36.2 Å². The van der Waals surface area contributed by atoms with Crippen LogP contribution in [-0.2, 0) is 19.6 Å². The molecule has 1 aliphatic heterocycles. The number of hydrogen-bond acceptors (Lipinski definition) is 6. The van der Waals surface area contributed by atoms with Crippen molar-refractivity contribution in [1.82, 2.24) is 4.31 Å². The molecule has 2 aromatic rings. The van der Waals surface area contributed by atoms with Crippen molar-refractivity contribution in [1.29, 1.82) is 5.26 Å². The van der Waals surface area contributed by atoms with Crippen LogP contribution < -0.4 is 5.32 Å². The lowest BCUT2D eigenvalue weighted by Crippen LogP contribution is -2.42. The number of hydrogen-bond donors (Lipinski definition) is 1. The fourth-order valence-electron chi connectivity index (χ4n) is 3.75. The molecule has 8 nitrogen and oxygen atoms in total. The second-order valence-electron chi connectivity index (χ2n) is 8.11. The number of benzene rings is 2. The van der Waals surface area contributed by atoms with Crippen LogP contribution in [0.5, 0.6) is 0 Å². The van der Waals surface area contributed by atoms with Crippen LogP contribution in [0.4, 0.5) is 5.69 Å². The number of ether oxygens (including phenoxy) is 1. The Morgan fingerprint density at radius 2 is 1.66 bits per heavy atom. The van der Waals surface area contributed by atoms with Gasteiger partial charge in [0.15, 0.2) is 6.61 Å². The van der Waals surface area contributed by atoms with Crippen molar-refractivity contribution in [2.75, 3.05) is 25.0 Å². The Morgan fingerprint density at radius 1 is 1.06 bits per heavy atom. The Morgan fingerprint density at radius 3 is 2.22 bits per heavy atom. The van der Waals surface area contributed by atoms with Crippen LogP contribution in [0, 0.1) is 23.2 Å². The Kier molecular flexibility index (Phi) is 7.28. The first-order valence-corrected chi connectivity index (χ1v) is 11.7. The van der Waals surface area contributed by atoms with Crippen LogP contribution >= 0.6 is 0 Å². The smallest absolute Gasteiger partial charge is 0.338 e. The van der Waals surface area contributed by atoms with Gasteiger partial charge in [-0.3, -0.25) is 4.79 Å². The molecule has 0 bridgehead atoms. The number of nitrogens with zero attached hydrogens (tertiary/aromatic N) is 2. The Labute approximate surface area is 187 Å². The van der Waals surface area contributed by atoms with Crippen LogP contribution in [0.3, 0.4) is 0 Å². The zero-order valence-electron chi connectivity index (χ0n) is 17.9. The largest absolute Gasteiger partial charge is 0.452 e. The van der Waals surface area contributed by atoms with Gasteiger partial charge in [0.25, 0.3) is 5.91 Å². The average Bonchev–Trinajstić information content (AvgIpc) is 2.77. The monoisotopic (exact) mass is 455 g/mol. The zero-order chi connectivity index (χ0) is 23.3. The van der Waals surface area contributed by atoms with E-state index < -0.39 is 28.5 Å². The van der Waals surface area contributed by atoms with Gasteiger partial charge in [-0.25, -0.2) is 13.2 Å². The first-order chi connectivity index (χ1) is 15.2. The lowest BCUT2D eigenvalue weighted by molar-refractivity contribution is -0.119. The molecule has 1 saturated heterocycles. The van der Waals surface area contributed by atoms with Crippen molar-refractivity contribution < 1.29 is 22.7 Å². The van der Waals surface area contributed by atoms with E-state index in [0.717, 1.165) is 6.42 Å². The number of carbonyl (C=O) groups excluding carboxylic acids is 2. The third-order valence-corrected chi connectivity index (χ3v) is 7.04. The van der Waals surface area contributed by atoms with Gasteiger partial charge in [-0.05, 0) is 66.8 Å². The van der Waals surface area contributed by atoms with Crippen LogP contribution in [-0.4, -0.2) is 44.3 Å². The van der Waals surface area contributed by atoms with E-state index in [1.54, 1.807) is 24.3 Å². The molecule has 2 unspecified atom stereocenters. The van der Waals surface area contributed by atoms with Crippen LogP contribution in [0.15, 0.2) is 53.4 Å². The molecule has 1 N–H and O–H groups in total. The van der Waals surface area contributed by atoms with Crippen molar-refractivity contribution in [3.63, 3.8) is 0 Å². The maximum atomic E-state index is 12.9. The molecule has 1 amide bonds. The number of nitrogens with one attached hydrogen (secondary N) is 1. The minimum atomic E-state index is -3.64. The van der Waals surface area contributed by atoms with Crippen LogP contribution in [0.25, 0.3) is 0 Å². The number of anilines is 1. The van der Waals surface area contributed by atoms with Gasteiger partial charge in [0.05, 0.1) is 22.1 Å². The minimum absolute atomic E-state index is 0.119. The van der Waals surface area contributed by atoms with Crippen molar-refractivity contribution in [3.05, 3.63) is 59.7 Å². The maximum absolute atomic E-state index is 12.9. The number of carbonyl (C=O) groups is 2. The fourth-order valence-corrected chi connectivity index (χ4v) is 5.43. The molecule has 2 aromatic carbocycles. The number of amides is 1. The summed E-state index contributed by atoms with van der Waals surface area (Å²) in [5.74, 6) is -0.684. The molecule has 168 valence electrons. The highest BCUT2D eigenvalue weighted by molar-refractivity contribution is 7.89. The van der Waals surface area contributed by atoms with Crippen molar-refractivity contribution in [2.45, 2.75) is 25.2 Å². The zero-order valence-corrected chi connectivity index (χ0v) is 18.8. The van der Waals surface area contributed by atoms with Crippen molar-refractivity contribution >= 4 is 27.6 Å². The first kappa shape index (κ1) is 23.4. The molecule has 0 saturated carbocycles. The summed E-state index contributed by atoms with van der Waals surface area (Å²) in [5.41, 5.74) is 1.08. The molecule has 0 radical (unpaired) electrons. The molecule has 1 heterocycles. The Hall–Kier alpha value is -3.22. The van der Waals surface area contributed by atoms with Gasteiger partial charge in [-0.15, -0.1) is 0 Å². The first-order valence-electron chi connectivity index (χ1n) is 10.3. The summed E-state index contributed by atoms with van der Waals surface area (Å²) in [4.78, 5) is 24.3. The quantitative estimate of drug-likeness (QED) is 0.669. The number of piperidine rings is 1. The number of sulfonamides is 1. The molecule has 0 aliphatic carbocycles. The molecule has 9 heteroatoms. The number of nitriles is 1. The van der Waals surface area contributed by atoms with E-state index in [4.69, 9.17) is 10.00 Å². The highest BCUT2D eigenvalue weighted by Crippen LogP contribution is 2.26. The predicted octanol–water partition coefficient (Wildman–Crippen LogP) is 3.02. The number of rotatable bonds is 6. The lowest BCUT2D eigenvalue weighted by atomic mass is 9.94. The molecule has 32 heavy (non-hydrogen) atoms. The summed E-state index contributed by atoms with van der Waals surface area (Å²) < 4.78 is 32.4. The predicted molar refractivity (Wildman–Crippen MR) is 118 cm³/mol. The van der Waals surface area contributed by atoms with Crippen LogP contribution in [0.2, 0.25) is 0 Å². The lowest BCUT2D eigenvalue weighted by Gasteiger charge is -2.34. The molecular formula is C23H25N3O5S. The summed E-state index contributed by atoms with van der Waals surface area (Å²) in [6, 6.07) is 13.8. The van der Waals surface area contributed by atoms with Gasteiger partial charge in [0.1, 0.15) is 0 Å². The van der Waals surface area contributed by atoms with Gasteiger partial charge < -0.3 is 10.1 Å². The van der Waals surface area contributed by atoms with Gasteiger partial charge >= 0.3 is 5.97 Å². The number of esters is 1. The fraction of sp³-hybridized carbons (Fsp3) is 0.348. The topological polar surface area (TPSA) is 117 Å². The van der Waals surface area contributed by atoms with E-state index in [0.29, 0.717) is 36.2 Å². The van der Waals surface area contributed by atoms with Gasteiger partial charge in [0.2, 0.25) is 10.0 Å². The second-order valence-corrected chi connectivity index (χ2v) is 10.0. The summed E-state index contributed by atoms with van der Waals surface area (Å²) in [7, 11) is -3.64. The highest BCUT2D eigenvalue weighted by Gasteiger charge is 2.31. The molecule has 3 rings (SSSR count). The van der Waals surface area contributed by atoms with E-state index in [1.165, 1.54) is 28.6 Å². The molecule has 1 aliphatic rings. The molecule has 0 spiro atoms. The minimum Gasteiger partial charge on any atom is -0.452 e. The summed E-state index contributed by atoms with van der Waals surface area (Å²) in [5, 5.41) is 11.3. The standard InChI is InChI=1S/C23H25N3O5S/c1-16-11-17(2)14-26(13-16)32(29,30)21-9-5-19(6-10-21)23(28)31-15-22(27)25-20-7-3-18(12-24)4-8-20/h3-10,16-17H,11,13-15H2,1-2H3,(H,25,27). The molecule has 1 fully saturated rings. The summed E-state index contributed by atoms with van der Waals surface area (Å²) >= 11 is 0. The second kappa shape index (κ2) is 9.94. The third kappa shape index (κ3) is 5.72. The Bertz CT molecular complexity index is 1110. The maximum Gasteiger partial charge on any atom is 0.338 e. The molecule has 0 aromatic heterocycles. The molecule has 2 atom stereocenters. The summed E-state index contributed by atoms with van der Waals surface area (Å²) in [6.07, 6.45) is 0.996. The van der Waals surface area contributed by atoms with E-state index >= 15 is 0 Å². The Balaban J connectivity index is 1.57. The van der Waals surface area contributed by atoms with E-state index in [-0.39, 0.29) is 10.5 Å². The normalized spacial score (nSPS) is 19.0. The van der Waals surface area contributed by atoms with E-state index in [1.807, 2.05) is 19.9 Å². The van der Waals surface area contributed by atoms with Crippen molar-refractivity contribution in [3.8, 4) is 6.07 Å². The average molecular weight is 456 g/mol. The highest BCUT2D eigenvalue weighted by atomic mass is 32.2. The summed E-state index contributed by atoms with van der Waals surface area (Å²) in [6.45, 7) is 4.53. The van der Waals surface area contributed by atoms with E-state index in [2.05, 4.69) is 5.32 Å².